The number of hydrogen-bond acceptors (Lipinski definition) is 3. The molecule has 0 fully saturated rings. The fraction of sp³-hybridized carbons (Fsp3) is 0.200. The number of ether oxygens (including phenoxy) is 1. The Kier molecular flexibility index (Phi) is 5.38. The molecule has 1 heterocycles. The molecule has 104 valence electrons. The van der Waals surface area contributed by atoms with E-state index in [1.807, 2.05) is 30.3 Å². The predicted molar refractivity (Wildman–Crippen MR) is 78.1 cm³/mol. The highest BCUT2D eigenvalue weighted by Crippen LogP contribution is 2.09. The summed E-state index contributed by atoms with van der Waals surface area (Å²) >= 11 is 5.80. The number of carbonyl (C=O) groups excluding carboxylic acids is 1. The summed E-state index contributed by atoms with van der Waals surface area (Å²) in [5, 5.41) is 3.27. The van der Waals surface area contributed by atoms with E-state index in [2.05, 4.69) is 10.3 Å². The van der Waals surface area contributed by atoms with Gasteiger partial charge in [-0.05, 0) is 30.7 Å². The predicted octanol–water partition coefficient (Wildman–Crippen LogP) is 2.93. The summed E-state index contributed by atoms with van der Waals surface area (Å²) < 4.78 is 5.52. The van der Waals surface area contributed by atoms with E-state index in [-0.39, 0.29) is 5.91 Å². The van der Waals surface area contributed by atoms with Crippen LogP contribution < -0.4 is 10.1 Å². The lowest BCUT2D eigenvalue weighted by atomic mass is 10.3. The minimum absolute atomic E-state index is 0.229. The van der Waals surface area contributed by atoms with Crippen LogP contribution in [-0.2, 0) is 0 Å². The van der Waals surface area contributed by atoms with Crippen LogP contribution in [-0.4, -0.2) is 24.0 Å². The van der Waals surface area contributed by atoms with Gasteiger partial charge in [0.15, 0.2) is 0 Å². The van der Waals surface area contributed by atoms with Gasteiger partial charge in [0.05, 0.1) is 6.61 Å². The van der Waals surface area contributed by atoms with Crippen LogP contribution in [0.1, 0.15) is 16.9 Å². The Balaban J connectivity index is 1.67. The van der Waals surface area contributed by atoms with E-state index in [1.54, 1.807) is 6.07 Å². The Morgan fingerprint density at radius 2 is 2.05 bits per heavy atom. The molecule has 4 nitrogen and oxygen atoms in total. The summed E-state index contributed by atoms with van der Waals surface area (Å²) in [6.07, 6.45) is 2.23. The molecule has 0 radical (unpaired) electrons. The minimum Gasteiger partial charge on any atom is -0.494 e. The van der Waals surface area contributed by atoms with E-state index in [1.165, 1.54) is 12.3 Å². The summed E-state index contributed by atoms with van der Waals surface area (Å²) in [6, 6.07) is 12.7. The fourth-order valence-corrected chi connectivity index (χ4v) is 1.76. The van der Waals surface area contributed by atoms with Crippen molar-refractivity contribution in [3.8, 4) is 5.75 Å². The van der Waals surface area contributed by atoms with Crippen molar-refractivity contribution >= 4 is 17.5 Å². The number of nitrogens with one attached hydrogen (secondary N) is 1. The molecular formula is C15H15ClN2O2. The molecule has 2 rings (SSSR count). The van der Waals surface area contributed by atoms with E-state index in [0.29, 0.717) is 23.9 Å². The first kappa shape index (κ1) is 14.3. The summed E-state index contributed by atoms with van der Waals surface area (Å²) in [5.41, 5.74) is 0.321. The van der Waals surface area contributed by atoms with Crippen molar-refractivity contribution in [2.24, 2.45) is 0 Å². The van der Waals surface area contributed by atoms with Gasteiger partial charge in [-0.1, -0.05) is 29.8 Å². The summed E-state index contributed by atoms with van der Waals surface area (Å²) in [6.45, 7) is 1.08. The lowest BCUT2D eigenvalue weighted by molar-refractivity contribution is 0.0946. The second kappa shape index (κ2) is 7.50. The molecule has 2 aromatic rings. The first-order valence-corrected chi connectivity index (χ1v) is 6.71. The number of rotatable bonds is 6. The monoisotopic (exact) mass is 290 g/mol. The van der Waals surface area contributed by atoms with Gasteiger partial charge in [-0.15, -0.1) is 0 Å². The highest BCUT2D eigenvalue weighted by Gasteiger charge is 2.06. The Labute approximate surface area is 122 Å². The third-order valence-electron chi connectivity index (χ3n) is 2.57. The molecule has 0 aliphatic heterocycles. The molecule has 0 bridgehead atoms. The van der Waals surface area contributed by atoms with Crippen molar-refractivity contribution < 1.29 is 9.53 Å². The number of hydrogen-bond donors (Lipinski definition) is 1. The van der Waals surface area contributed by atoms with Crippen LogP contribution >= 0.6 is 11.6 Å². The first-order chi connectivity index (χ1) is 9.75. The standard InChI is InChI=1S/C15H15ClN2O2/c16-12-7-9-17-14(11-12)15(19)18-8-4-10-20-13-5-2-1-3-6-13/h1-3,5-7,9,11H,4,8,10H2,(H,18,19). The molecule has 1 N–H and O–H groups in total. The van der Waals surface area contributed by atoms with Crippen LogP contribution in [0.2, 0.25) is 5.02 Å². The van der Waals surface area contributed by atoms with Crippen LogP contribution in [0.15, 0.2) is 48.7 Å². The van der Waals surface area contributed by atoms with Gasteiger partial charge in [0.1, 0.15) is 11.4 Å². The second-order valence-electron chi connectivity index (χ2n) is 4.13. The van der Waals surface area contributed by atoms with E-state index in [4.69, 9.17) is 16.3 Å². The maximum atomic E-state index is 11.8. The normalized spacial score (nSPS) is 10.1. The Bertz CT molecular complexity index is 561. The second-order valence-corrected chi connectivity index (χ2v) is 4.57. The van der Waals surface area contributed by atoms with Gasteiger partial charge < -0.3 is 10.1 Å². The largest absolute Gasteiger partial charge is 0.494 e. The van der Waals surface area contributed by atoms with Gasteiger partial charge in [-0.2, -0.15) is 0 Å². The molecule has 1 aromatic carbocycles. The van der Waals surface area contributed by atoms with Crippen molar-refractivity contribution in [1.29, 1.82) is 0 Å². The zero-order valence-corrected chi connectivity index (χ0v) is 11.6. The molecule has 0 unspecified atom stereocenters. The van der Waals surface area contributed by atoms with Crippen LogP contribution in [0, 0.1) is 0 Å². The molecule has 0 aliphatic carbocycles. The molecule has 1 amide bonds. The SMILES string of the molecule is O=C(NCCCOc1ccccc1)c1cc(Cl)ccn1. The highest BCUT2D eigenvalue weighted by molar-refractivity contribution is 6.30. The zero-order chi connectivity index (χ0) is 14.2. The van der Waals surface area contributed by atoms with Crippen LogP contribution in [0.4, 0.5) is 0 Å². The first-order valence-electron chi connectivity index (χ1n) is 6.33. The molecular weight excluding hydrogens is 276 g/mol. The van der Waals surface area contributed by atoms with Crippen LogP contribution in [0.25, 0.3) is 0 Å². The van der Waals surface area contributed by atoms with Crippen LogP contribution in [0.3, 0.4) is 0 Å². The number of para-hydroxylation sites is 1. The Hall–Kier alpha value is -2.07. The Morgan fingerprint density at radius 3 is 2.80 bits per heavy atom. The molecule has 1 aromatic heterocycles. The van der Waals surface area contributed by atoms with E-state index >= 15 is 0 Å². The number of amides is 1. The Morgan fingerprint density at radius 1 is 1.25 bits per heavy atom. The molecule has 0 saturated heterocycles. The van der Waals surface area contributed by atoms with Gasteiger partial charge in [0.25, 0.3) is 5.91 Å². The highest BCUT2D eigenvalue weighted by atomic mass is 35.5. The molecule has 0 saturated carbocycles. The van der Waals surface area contributed by atoms with Crippen molar-refractivity contribution in [2.45, 2.75) is 6.42 Å². The number of nitrogens with zero attached hydrogens (tertiary/aromatic N) is 1. The van der Waals surface area contributed by atoms with Gasteiger partial charge in [-0.25, -0.2) is 0 Å². The number of aromatic nitrogens is 1. The minimum atomic E-state index is -0.229. The maximum absolute atomic E-state index is 11.8. The quantitative estimate of drug-likeness (QED) is 0.832. The lowest BCUT2D eigenvalue weighted by Crippen LogP contribution is -2.26. The lowest BCUT2D eigenvalue weighted by Gasteiger charge is -2.07. The van der Waals surface area contributed by atoms with E-state index < -0.39 is 0 Å². The van der Waals surface area contributed by atoms with Gasteiger partial charge in [0.2, 0.25) is 0 Å². The average Bonchev–Trinajstić information content (AvgIpc) is 2.48. The van der Waals surface area contributed by atoms with Crippen molar-refractivity contribution in [1.82, 2.24) is 10.3 Å². The molecule has 0 atom stereocenters. The average molecular weight is 291 g/mol. The number of pyridine rings is 1. The maximum Gasteiger partial charge on any atom is 0.269 e. The number of halogens is 1. The van der Waals surface area contributed by atoms with Crippen LogP contribution in [0.5, 0.6) is 5.75 Å². The number of benzene rings is 1. The molecule has 0 aliphatic rings. The van der Waals surface area contributed by atoms with Crippen molar-refractivity contribution in [3.05, 3.63) is 59.4 Å². The topological polar surface area (TPSA) is 51.2 Å². The fourth-order valence-electron chi connectivity index (χ4n) is 1.60. The van der Waals surface area contributed by atoms with Gasteiger partial charge >= 0.3 is 0 Å². The summed E-state index contributed by atoms with van der Waals surface area (Å²) in [4.78, 5) is 15.7. The molecule has 20 heavy (non-hydrogen) atoms. The smallest absolute Gasteiger partial charge is 0.269 e. The van der Waals surface area contributed by atoms with Gasteiger partial charge in [0, 0.05) is 17.8 Å². The zero-order valence-electron chi connectivity index (χ0n) is 10.9. The van der Waals surface area contributed by atoms with Crippen molar-refractivity contribution in [2.75, 3.05) is 13.2 Å². The van der Waals surface area contributed by atoms with E-state index in [9.17, 15) is 4.79 Å². The summed E-state index contributed by atoms with van der Waals surface area (Å²) in [5.74, 6) is 0.600. The van der Waals surface area contributed by atoms with E-state index in [0.717, 1.165) is 12.2 Å². The molecule has 5 heteroatoms. The molecule has 0 spiro atoms. The third kappa shape index (κ3) is 4.55. The van der Waals surface area contributed by atoms with Crippen molar-refractivity contribution in [3.63, 3.8) is 0 Å². The number of carbonyl (C=O) groups is 1. The van der Waals surface area contributed by atoms with Gasteiger partial charge in [-0.3, -0.25) is 9.78 Å². The summed E-state index contributed by atoms with van der Waals surface area (Å²) in [7, 11) is 0. The third-order valence-corrected chi connectivity index (χ3v) is 2.81.